The van der Waals surface area contributed by atoms with Crippen LogP contribution in [0.2, 0.25) is 0 Å². The van der Waals surface area contributed by atoms with E-state index in [-0.39, 0.29) is 11.7 Å². The van der Waals surface area contributed by atoms with Crippen LogP contribution in [0.15, 0.2) is 18.2 Å². The van der Waals surface area contributed by atoms with Gasteiger partial charge in [-0.15, -0.1) is 0 Å². The highest BCUT2D eigenvalue weighted by Crippen LogP contribution is 2.37. The lowest BCUT2D eigenvalue weighted by molar-refractivity contribution is 0.00578. The third-order valence-electron chi connectivity index (χ3n) is 5.16. The lowest BCUT2D eigenvalue weighted by Crippen LogP contribution is -2.41. The first kappa shape index (κ1) is 16.0. The maximum Gasteiger partial charge on any atom is 0.495 e. The maximum absolute atomic E-state index is 13.8. The molecule has 1 atom stereocenters. The summed E-state index contributed by atoms with van der Waals surface area (Å²) in [6, 6.07) is 4.92. The van der Waals surface area contributed by atoms with Gasteiger partial charge in [0.15, 0.2) is 0 Å². The van der Waals surface area contributed by atoms with E-state index in [1.165, 1.54) is 6.07 Å². The van der Waals surface area contributed by atoms with Gasteiger partial charge in [-0.05, 0) is 63.7 Å². The number of hydrogen-bond donors (Lipinski definition) is 0. The Morgan fingerprint density at radius 2 is 1.82 bits per heavy atom. The third-order valence-corrected chi connectivity index (χ3v) is 5.16. The highest BCUT2D eigenvalue weighted by Gasteiger charge is 2.52. The summed E-state index contributed by atoms with van der Waals surface area (Å²) in [6.07, 6.45) is 2.09. The summed E-state index contributed by atoms with van der Waals surface area (Å²) in [7, 11) is -0.530. The predicted octanol–water partition coefficient (Wildman–Crippen LogP) is 3.02. The molecule has 5 heteroatoms. The summed E-state index contributed by atoms with van der Waals surface area (Å²) in [4.78, 5) is 0. The van der Waals surface area contributed by atoms with Gasteiger partial charge in [0.2, 0.25) is 0 Å². The molecule has 2 aliphatic heterocycles. The second kappa shape index (κ2) is 5.62. The third kappa shape index (κ3) is 2.82. The Morgan fingerprint density at radius 1 is 1.14 bits per heavy atom. The lowest BCUT2D eigenvalue weighted by Gasteiger charge is -2.32. The summed E-state index contributed by atoms with van der Waals surface area (Å²) in [5.74, 6) is 0.0218. The minimum absolute atomic E-state index is 0.259. The quantitative estimate of drug-likeness (QED) is 0.786. The van der Waals surface area contributed by atoms with Crippen LogP contribution in [0.25, 0.3) is 0 Å². The van der Waals surface area contributed by atoms with E-state index in [0.717, 1.165) is 30.5 Å². The van der Waals surface area contributed by atoms with Gasteiger partial charge < -0.3 is 14.0 Å². The zero-order valence-electron chi connectivity index (χ0n) is 13.8. The SMILES string of the molecule is CC1(C)OB(c2cc(F)ccc2C2CCCOC2)OC1(C)C. The van der Waals surface area contributed by atoms with Gasteiger partial charge in [0, 0.05) is 12.5 Å². The van der Waals surface area contributed by atoms with Crippen LogP contribution in [0.3, 0.4) is 0 Å². The molecule has 3 nitrogen and oxygen atoms in total. The monoisotopic (exact) mass is 306 g/mol. The van der Waals surface area contributed by atoms with Gasteiger partial charge >= 0.3 is 7.12 Å². The van der Waals surface area contributed by atoms with Crippen molar-refractivity contribution in [2.75, 3.05) is 13.2 Å². The summed E-state index contributed by atoms with van der Waals surface area (Å²) >= 11 is 0. The van der Waals surface area contributed by atoms with Crippen LogP contribution >= 0.6 is 0 Å². The average molecular weight is 306 g/mol. The first-order valence-corrected chi connectivity index (χ1v) is 8.03. The van der Waals surface area contributed by atoms with E-state index in [2.05, 4.69) is 0 Å². The van der Waals surface area contributed by atoms with Gasteiger partial charge in [-0.25, -0.2) is 4.39 Å². The van der Waals surface area contributed by atoms with E-state index in [1.807, 2.05) is 33.8 Å². The molecule has 0 saturated carbocycles. The number of halogens is 1. The molecule has 0 bridgehead atoms. The molecule has 1 unspecified atom stereocenters. The van der Waals surface area contributed by atoms with Crippen molar-refractivity contribution in [3.63, 3.8) is 0 Å². The van der Waals surface area contributed by atoms with E-state index in [4.69, 9.17) is 14.0 Å². The van der Waals surface area contributed by atoms with E-state index in [1.54, 1.807) is 6.07 Å². The summed E-state index contributed by atoms with van der Waals surface area (Å²) in [5.41, 5.74) is 1.03. The normalized spacial score (nSPS) is 27.1. The summed E-state index contributed by atoms with van der Waals surface area (Å²) in [6.45, 7) is 9.53. The molecule has 0 N–H and O–H groups in total. The van der Waals surface area contributed by atoms with E-state index >= 15 is 0 Å². The number of ether oxygens (including phenoxy) is 1. The smallest absolute Gasteiger partial charge is 0.399 e. The van der Waals surface area contributed by atoms with Crippen molar-refractivity contribution in [1.82, 2.24) is 0 Å². The Labute approximate surface area is 132 Å². The molecular weight excluding hydrogens is 282 g/mol. The minimum atomic E-state index is -0.530. The molecule has 120 valence electrons. The molecule has 1 aromatic carbocycles. The second-order valence-corrected chi connectivity index (χ2v) is 7.28. The fraction of sp³-hybridized carbons (Fsp3) is 0.647. The molecule has 2 saturated heterocycles. The second-order valence-electron chi connectivity index (χ2n) is 7.28. The van der Waals surface area contributed by atoms with Crippen molar-refractivity contribution in [3.8, 4) is 0 Å². The van der Waals surface area contributed by atoms with Gasteiger partial charge in [-0.3, -0.25) is 0 Å². The zero-order chi connectivity index (χ0) is 16.0. The van der Waals surface area contributed by atoms with Crippen LogP contribution in [0.1, 0.15) is 52.0 Å². The largest absolute Gasteiger partial charge is 0.495 e. The van der Waals surface area contributed by atoms with E-state index in [9.17, 15) is 4.39 Å². The minimum Gasteiger partial charge on any atom is -0.399 e. The molecule has 0 amide bonds. The highest BCUT2D eigenvalue weighted by atomic mass is 19.1. The zero-order valence-corrected chi connectivity index (χ0v) is 13.8. The Hall–Kier alpha value is -0.905. The Morgan fingerprint density at radius 3 is 2.41 bits per heavy atom. The van der Waals surface area contributed by atoms with Crippen molar-refractivity contribution in [1.29, 1.82) is 0 Å². The van der Waals surface area contributed by atoms with Gasteiger partial charge in [0.1, 0.15) is 5.82 Å². The van der Waals surface area contributed by atoms with E-state index in [0.29, 0.717) is 6.61 Å². The van der Waals surface area contributed by atoms with Gasteiger partial charge in [-0.1, -0.05) is 6.07 Å². The maximum atomic E-state index is 13.8. The van der Waals surface area contributed by atoms with Crippen molar-refractivity contribution in [2.24, 2.45) is 0 Å². The molecule has 1 aromatic rings. The van der Waals surface area contributed by atoms with Crippen molar-refractivity contribution >= 4 is 12.6 Å². The molecule has 2 heterocycles. The van der Waals surface area contributed by atoms with Crippen molar-refractivity contribution in [2.45, 2.75) is 57.7 Å². The molecule has 2 fully saturated rings. The number of rotatable bonds is 2. The van der Waals surface area contributed by atoms with Gasteiger partial charge in [0.25, 0.3) is 0 Å². The highest BCUT2D eigenvalue weighted by molar-refractivity contribution is 6.62. The average Bonchev–Trinajstić information content (AvgIpc) is 2.68. The lowest BCUT2D eigenvalue weighted by atomic mass is 9.72. The molecule has 0 radical (unpaired) electrons. The Balaban J connectivity index is 1.94. The van der Waals surface area contributed by atoms with Crippen LogP contribution in [0, 0.1) is 5.82 Å². The first-order chi connectivity index (χ1) is 10.3. The fourth-order valence-corrected chi connectivity index (χ4v) is 3.08. The summed E-state index contributed by atoms with van der Waals surface area (Å²) < 4.78 is 31.6. The van der Waals surface area contributed by atoms with Crippen LogP contribution in [0.4, 0.5) is 4.39 Å². The van der Waals surface area contributed by atoms with Gasteiger partial charge in [0.05, 0.1) is 17.8 Å². The molecule has 0 aliphatic carbocycles. The van der Waals surface area contributed by atoms with Crippen LogP contribution in [-0.2, 0) is 14.0 Å². The molecule has 2 aliphatic rings. The molecule has 0 spiro atoms. The predicted molar refractivity (Wildman–Crippen MR) is 84.9 cm³/mol. The van der Waals surface area contributed by atoms with Gasteiger partial charge in [-0.2, -0.15) is 0 Å². The molecule has 0 aromatic heterocycles. The number of hydrogen-bond acceptors (Lipinski definition) is 3. The standard InChI is InChI=1S/C17H24BFO3/c1-16(2)17(3,4)22-18(21-16)15-10-13(19)7-8-14(15)12-6-5-9-20-11-12/h7-8,10,12H,5-6,9,11H2,1-4H3. The van der Waals surface area contributed by atoms with Crippen molar-refractivity contribution < 1.29 is 18.4 Å². The fourth-order valence-electron chi connectivity index (χ4n) is 3.08. The first-order valence-electron chi connectivity index (χ1n) is 8.03. The van der Waals surface area contributed by atoms with E-state index < -0.39 is 18.3 Å². The van der Waals surface area contributed by atoms with Crippen LogP contribution in [-0.4, -0.2) is 31.5 Å². The van der Waals surface area contributed by atoms with Crippen molar-refractivity contribution in [3.05, 3.63) is 29.6 Å². The molecule has 22 heavy (non-hydrogen) atoms. The van der Waals surface area contributed by atoms with Crippen LogP contribution in [0.5, 0.6) is 0 Å². The summed E-state index contributed by atoms with van der Waals surface area (Å²) in [5, 5.41) is 0. The number of benzene rings is 1. The Bertz CT molecular complexity index is 537. The van der Waals surface area contributed by atoms with Crippen LogP contribution < -0.4 is 5.46 Å². The topological polar surface area (TPSA) is 27.7 Å². The molecule has 3 rings (SSSR count). The molecular formula is C17H24BFO3. The Kier molecular flexibility index (Phi) is 4.08.